The second kappa shape index (κ2) is 10.7. The summed E-state index contributed by atoms with van der Waals surface area (Å²) in [4.78, 5) is 15.1. The number of hydrogen-bond donors (Lipinski definition) is 1. The van der Waals surface area contributed by atoms with Crippen LogP contribution >= 0.6 is 12.4 Å². The average molecular weight is 388 g/mol. The number of nitrogens with zero attached hydrogens (tertiary/aromatic N) is 2. The van der Waals surface area contributed by atoms with Gasteiger partial charge in [0, 0.05) is 0 Å². The molecule has 6 heteroatoms. The van der Waals surface area contributed by atoms with Gasteiger partial charge < -0.3 is 4.74 Å². The van der Waals surface area contributed by atoms with Crippen LogP contribution in [0.25, 0.3) is 0 Å². The van der Waals surface area contributed by atoms with Crippen LogP contribution < -0.4 is 10.2 Å². The summed E-state index contributed by atoms with van der Waals surface area (Å²) in [5.74, 6) is 0.697. The molecule has 0 aromatic heterocycles. The lowest BCUT2D eigenvalue weighted by atomic mass is 10.0. The fourth-order valence-electron chi connectivity index (χ4n) is 3.26. The molecule has 0 bridgehead atoms. The number of hydrazone groups is 1. The lowest BCUT2D eigenvalue weighted by molar-refractivity contribution is -0.127. The number of hydrogen-bond acceptors (Lipinski definition) is 4. The van der Waals surface area contributed by atoms with Gasteiger partial charge in [-0.15, -0.1) is 12.4 Å². The minimum absolute atomic E-state index is 0. The van der Waals surface area contributed by atoms with E-state index in [0.717, 1.165) is 42.8 Å². The molecule has 2 aromatic carbocycles. The van der Waals surface area contributed by atoms with E-state index in [4.69, 9.17) is 4.74 Å². The molecule has 0 aliphatic carbocycles. The molecule has 1 saturated heterocycles. The van der Waals surface area contributed by atoms with E-state index >= 15 is 0 Å². The molecule has 1 unspecified atom stereocenters. The highest BCUT2D eigenvalue weighted by Gasteiger charge is 2.28. The van der Waals surface area contributed by atoms with Gasteiger partial charge in [-0.1, -0.05) is 36.8 Å². The van der Waals surface area contributed by atoms with Crippen molar-refractivity contribution in [2.24, 2.45) is 5.10 Å². The van der Waals surface area contributed by atoms with Gasteiger partial charge in [0.25, 0.3) is 5.91 Å². The van der Waals surface area contributed by atoms with Crippen molar-refractivity contribution in [1.29, 1.82) is 0 Å². The van der Waals surface area contributed by atoms with Crippen LogP contribution in [0.4, 0.5) is 0 Å². The summed E-state index contributed by atoms with van der Waals surface area (Å²) in [7, 11) is 1.63. The summed E-state index contributed by atoms with van der Waals surface area (Å²) >= 11 is 0. The molecule has 2 aromatic rings. The summed E-state index contributed by atoms with van der Waals surface area (Å²) in [5.41, 5.74) is 4.62. The number of rotatable bonds is 6. The van der Waals surface area contributed by atoms with E-state index in [1.165, 1.54) is 6.42 Å². The second-order valence-electron chi connectivity index (χ2n) is 6.42. The number of carbonyl (C=O) groups excluding carboxylic acids is 1. The number of ether oxygens (including phenoxy) is 1. The van der Waals surface area contributed by atoms with E-state index in [9.17, 15) is 4.79 Å². The molecule has 1 aliphatic heterocycles. The molecule has 1 atom stereocenters. The third kappa shape index (κ3) is 5.81. The van der Waals surface area contributed by atoms with Crippen LogP contribution in [0, 0.1) is 0 Å². The Balaban J connectivity index is 0.00000261. The molecular weight excluding hydrogens is 362 g/mol. The zero-order valence-corrected chi connectivity index (χ0v) is 16.3. The SMILES string of the molecule is COc1ccc(/C=N/NC(=O)C(c2ccccc2)N2CCCCC2)cc1.Cl. The van der Waals surface area contributed by atoms with Gasteiger partial charge in [-0.2, -0.15) is 5.10 Å². The number of likely N-dealkylation sites (tertiary alicyclic amines) is 1. The smallest absolute Gasteiger partial charge is 0.262 e. The molecule has 0 spiro atoms. The highest BCUT2D eigenvalue weighted by Crippen LogP contribution is 2.24. The number of carbonyl (C=O) groups is 1. The molecule has 144 valence electrons. The minimum Gasteiger partial charge on any atom is -0.497 e. The Kier molecular flexibility index (Phi) is 8.30. The van der Waals surface area contributed by atoms with Crippen molar-refractivity contribution < 1.29 is 9.53 Å². The third-order valence-corrected chi connectivity index (χ3v) is 4.62. The molecule has 3 rings (SSSR count). The predicted molar refractivity (Wildman–Crippen MR) is 111 cm³/mol. The minimum atomic E-state index is -0.301. The van der Waals surface area contributed by atoms with Gasteiger partial charge >= 0.3 is 0 Å². The van der Waals surface area contributed by atoms with Gasteiger partial charge in [-0.3, -0.25) is 9.69 Å². The normalized spacial score (nSPS) is 15.7. The van der Waals surface area contributed by atoms with Crippen molar-refractivity contribution in [1.82, 2.24) is 10.3 Å². The molecule has 1 aliphatic rings. The molecule has 1 heterocycles. The Morgan fingerprint density at radius 2 is 1.74 bits per heavy atom. The van der Waals surface area contributed by atoms with Gasteiger partial charge in [-0.05, 0) is 61.3 Å². The molecule has 0 radical (unpaired) electrons. The Morgan fingerprint density at radius 1 is 1.07 bits per heavy atom. The predicted octanol–water partition coefficient (Wildman–Crippen LogP) is 3.79. The zero-order chi connectivity index (χ0) is 18.2. The number of methoxy groups -OCH3 is 1. The lowest BCUT2D eigenvalue weighted by Crippen LogP contribution is -2.41. The van der Waals surface area contributed by atoms with E-state index in [1.807, 2.05) is 54.6 Å². The van der Waals surface area contributed by atoms with Gasteiger partial charge in [-0.25, -0.2) is 5.43 Å². The van der Waals surface area contributed by atoms with Gasteiger partial charge in [0.2, 0.25) is 0 Å². The maximum absolute atomic E-state index is 12.8. The van der Waals surface area contributed by atoms with Crippen molar-refractivity contribution in [3.8, 4) is 5.75 Å². The first-order valence-corrected chi connectivity index (χ1v) is 9.04. The fourth-order valence-corrected chi connectivity index (χ4v) is 3.26. The second-order valence-corrected chi connectivity index (χ2v) is 6.42. The van der Waals surface area contributed by atoms with Gasteiger partial charge in [0.15, 0.2) is 0 Å². The van der Waals surface area contributed by atoms with Crippen LogP contribution in [0.1, 0.15) is 36.4 Å². The molecule has 27 heavy (non-hydrogen) atoms. The number of halogens is 1. The number of nitrogens with one attached hydrogen (secondary N) is 1. The monoisotopic (exact) mass is 387 g/mol. The van der Waals surface area contributed by atoms with Gasteiger partial charge in [0.05, 0.1) is 13.3 Å². The Bertz CT molecular complexity index is 729. The first kappa shape index (κ1) is 20.9. The quantitative estimate of drug-likeness (QED) is 0.606. The number of amides is 1. The lowest BCUT2D eigenvalue weighted by Gasteiger charge is -2.33. The highest BCUT2D eigenvalue weighted by atomic mass is 35.5. The summed E-state index contributed by atoms with van der Waals surface area (Å²) in [6, 6.07) is 17.1. The van der Waals surface area contributed by atoms with Crippen molar-refractivity contribution in [2.45, 2.75) is 25.3 Å². The van der Waals surface area contributed by atoms with Crippen LogP contribution in [0.3, 0.4) is 0 Å². The largest absolute Gasteiger partial charge is 0.497 e. The summed E-state index contributed by atoms with van der Waals surface area (Å²) in [6.45, 7) is 1.88. The van der Waals surface area contributed by atoms with E-state index in [0.29, 0.717) is 0 Å². The topological polar surface area (TPSA) is 53.9 Å². The number of benzene rings is 2. The zero-order valence-electron chi connectivity index (χ0n) is 15.5. The fraction of sp³-hybridized carbons (Fsp3) is 0.333. The Hall–Kier alpha value is -2.37. The average Bonchev–Trinajstić information content (AvgIpc) is 2.70. The molecule has 1 amide bonds. The van der Waals surface area contributed by atoms with Crippen LogP contribution in [-0.4, -0.2) is 37.2 Å². The van der Waals surface area contributed by atoms with E-state index < -0.39 is 0 Å². The Morgan fingerprint density at radius 3 is 2.37 bits per heavy atom. The van der Waals surface area contributed by atoms with Gasteiger partial charge in [0.1, 0.15) is 11.8 Å². The Labute approximate surface area is 166 Å². The van der Waals surface area contributed by atoms with E-state index in [1.54, 1.807) is 13.3 Å². The van der Waals surface area contributed by atoms with Crippen LogP contribution in [-0.2, 0) is 4.79 Å². The molecule has 0 saturated carbocycles. The van der Waals surface area contributed by atoms with Crippen LogP contribution in [0.5, 0.6) is 5.75 Å². The van der Waals surface area contributed by atoms with Crippen molar-refractivity contribution in [3.63, 3.8) is 0 Å². The van der Waals surface area contributed by atoms with Crippen LogP contribution in [0.2, 0.25) is 0 Å². The molecular formula is C21H26ClN3O2. The highest BCUT2D eigenvalue weighted by molar-refractivity contribution is 5.86. The first-order chi connectivity index (χ1) is 12.8. The summed E-state index contributed by atoms with van der Waals surface area (Å²) < 4.78 is 5.14. The molecule has 1 N–H and O–H groups in total. The van der Waals surface area contributed by atoms with Crippen molar-refractivity contribution in [3.05, 3.63) is 65.7 Å². The number of piperidine rings is 1. The van der Waals surface area contributed by atoms with Crippen molar-refractivity contribution in [2.75, 3.05) is 20.2 Å². The molecule has 1 fully saturated rings. The standard InChI is InChI=1S/C21H25N3O2.ClH/c1-26-19-12-10-17(11-13-19)16-22-23-21(25)20(18-8-4-2-5-9-18)24-14-6-3-7-15-24;/h2,4-5,8-13,16,20H,3,6-7,14-15H2,1H3,(H,23,25);1H/b22-16+;. The summed E-state index contributed by atoms with van der Waals surface area (Å²) in [6.07, 6.45) is 5.14. The maximum Gasteiger partial charge on any atom is 0.262 e. The first-order valence-electron chi connectivity index (χ1n) is 9.04. The third-order valence-electron chi connectivity index (χ3n) is 4.62. The van der Waals surface area contributed by atoms with Crippen LogP contribution in [0.15, 0.2) is 59.7 Å². The van der Waals surface area contributed by atoms with Crippen molar-refractivity contribution >= 4 is 24.5 Å². The summed E-state index contributed by atoms with van der Waals surface area (Å²) in [5, 5.41) is 4.15. The van der Waals surface area contributed by atoms with E-state index in [2.05, 4.69) is 15.4 Å². The maximum atomic E-state index is 12.8. The molecule has 5 nitrogen and oxygen atoms in total. The van der Waals surface area contributed by atoms with E-state index in [-0.39, 0.29) is 24.4 Å².